The summed E-state index contributed by atoms with van der Waals surface area (Å²) in [6.45, 7) is 4.10. The number of β-amino-alcohol motifs (C(OH)–C–C–N with tert-alkyl or cyclic N) is 1. The predicted octanol–water partition coefficient (Wildman–Crippen LogP) is 0.393. The molecule has 0 saturated carbocycles. The highest BCUT2D eigenvalue weighted by atomic mass is 32.2. The topological polar surface area (TPSA) is 87.2 Å². The number of aliphatic hydroxyl groups excluding tert-OH is 1. The largest absolute Gasteiger partial charge is 0.483 e. The third-order valence-corrected chi connectivity index (χ3v) is 6.61. The number of ether oxygens (including phenoxy) is 1. The van der Waals surface area contributed by atoms with E-state index in [1.807, 2.05) is 26.0 Å². The third-order valence-electron chi connectivity index (χ3n) is 4.65. The Morgan fingerprint density at radius 1 is 1.32 bits per heavy atom. The van der Waals surface area contributed by atoms with Crippen LogP contribution in [-0.2, 0) is 14.8 Å². The Morgan fingerprint density at radius 2 is 2.00 bits per heavy atom. The predicted molar refractivity (Wildman–Crippen MR) is 95.0 cm³/mol. The number of carbonyl (C=O) groups excluding carboxylic acids is 1. The second kappa shape index (κ2) is 7.72. The minimum Gasteiger partial charge on any atom is -0.483 e. The number of likely N-dealkylation sites (tertiary alicyclic amines) is 1. The van der Waals surface area contributed by atoms with Crippen molar-refractivity contribution in [3.63, 3.8) is 0 Å². The molecule has 0 bridgehead atoms. The average molecular weight is 370 g/mol. The number of sulfonamides is 1. The lowest BCUT2D eigenvalue weighted by molar-refractivity contribution is -0.132. The molecular weight excluding hydrogens is 344 g/mol. The summed E-state index contributed by atoms with van der Waals surface area (Å²) in [5.74, 6) is -0.274. The van der Waals surface area contributed by atoms with E-state index in [0.717, 1.165) is 15.4 Å². The van der Waals surface area contributed by atoms with Crippen molar-refractivity contribution in [1.29, 1.82) is 0 Å². The van der Waals surface area contributed by atoms with E-state index < -0.39 is 22.0 Å². The molecule has 1 N–H and O–H groups in total. The van der Waals surface area contributed by atoms with Crippen LogP contribution in [0.1, 0.15) is 11.1 Å². The van der Waals surface area contributed by atoms with Crippen molar-refractivity contribution in [2.75, 3.05) is 39.5 Å². The average Bonchev–Trinajstić information content (AvgIpc) is 2.89. The Kier molecular flexibility index (Phi) is 6.08. The van der Waals surface area contributed by atoms with Crippen LogP contribution >= 0.6 is 0 Å². The highest BCUT2D eigenvalue weighted by molar-refractivity contribution is 7.89. The van der Waals surface area contributed by atoms with Crippen molar-refractivity contribution in [1.82, 2.24) is 9.21 Å². The number of rotatable bonds is 6. The normalized spacial score (nSPS) is 21.0. The molecule has 1 aromatic rings. The second-order valence-corrected chi connectivity index (χ2v) is 8.90. The van der Waals surface area contributed by atoms with Crippen LogP contribution in [0.3, 0.4) is 0 Å². The molecule has 1 saturated heterocycles. The number of nitrogens with zero attached hydrogens (tertiary/aromatic N) is 2. The van der Waals surface area contributed by atoms with Gasteiger partial charge in [-0.15, -0.1) is 0 Å². The number of amides is 1. The zero-order valence-electron chi connectivity index (χ0n) is 15.1. The first-order chi connectivity index (χ1) is 11.6. The minimum atomic E-state index is -3.43. The summed E-state index contributed by atoms with van der Waals surface area (Å²) in [6, 6.07) is 5.64. The maximum absolute atomic E-state index is 12.3. The van der Waals surface area contributed by atoms with E-state index in [4.69, 9.17) is 4.74 Å². The minimum absolute atomic E-state index is 0.128. The molecule has 0 unspecified atom stereocenters. The highest BCUT2D eigenvalue weighted by Crippen LogP contribution is 2.22. The summed E-state index contributed by atoms with van der Waals surface area (Å²) < 4.78 is 30.7. The van der Waals surface area contributed by atoms with E-state index in [2.05, 4.69) is 0 Å². The molecule has 0 aromatic heterocycles. The SMILES string of the molecule is Cc1cccc(OCC(=O)N2C[C@@H](CS(=O)(=O)N(C)C)[C@H](O)C2)c1C. The summed E-state index contributed by atoms with van der Waals surface area (Å²) >= 11 is 0. The molecule has 1 fully saturated rings. The van der Waals surface area contributed by atoms with Crippen LogP contribution in [0.2, 0.25) is 0 Å². The molecule has 1 heterocycles. The van der Waals surface area contributed by atoms with Gasteiger partial charge in [0.2, 0.25) is 10.0 Å². The van der Waals surface area contributed by atoms with Crippen molar-refractivity contribution in [3.05, 3.63) is 29.3 Å². The van der Waals surface area contributed by atoms with E-state index in [-0.39, 0.29) is 31.4 Å². The highest BCUT2D eigenvalue weighted by Gasteiger charge is 2.37. The fourth-order valence-electron chi connectivity index (χ4n) is 2.75. The zero-order valence-corrected chi connectivity index (χ0v) is 15.9. The van der Waals surface area contributed by atoms with Crippen molar-refractivity contribution < 1.29 is 23.1 Å². The molecule has 1 aromatic carbocycles. The van der Waals surface area contributed by atoms with Crippen molar-refractivity contribution in [2.45, 2.75) is 20.0 Å². The second-order valence-electron chi connectivity index (χ2n) is 6.67. The molecule has 0 spiro atoms. The van der Waals surface area contributed by atoms with Crippen molar-refractivity contribution in [2.24, 2.45) is 5.92 Å². The summed E-state index contributed by atoms with van der Waals surface area (Å²) in [6.07, 6.45) is -0.848. The number of benzene rings is 1. The van der Waals surface area contributed by atoms with Crippen LogP contribution in [0.15, 0.2) is 18.2 Å². The van der Waals surface area contributed by atoms with Crippen LogP contribution in [0.5, 0.6) is 5.75 Å². The molecule has 2 rings (SSSR count). The van der Waals surface area contributed by atoms with E-state index >= 15 is 0 Å². The monoisotopic (exact) mass is 370 g/mol. The molecular formula is C17H26N2O5S. The quantitative estimate of drug-likeness (QED) is 0.783. The molecule has 25 heavy (non-hydrogen) atoms. The van der Waals surface area contributed by atoms with Gasteiger partial charge in [-0.1, -0.05) is 12.1 Å². The van der Waals surface area contributed by atoms with Crippen molar-refractivity contribution >= 4 is 15.9 Å². The van der Waals surface area contributed by atoms with Gasteiger partial charge in [0.05, 0.1) is 11.9 Å². The molecule has 1 aliphatic rings. The fraction of sp³-hybridized carbons (Fsp3) is 0.588. The van der Waals surface area contributed by atoms with Gasteiger partial charge < -0.3 is 14.7 Å². The number of aliphatic hydroxyl groups is 1. The molecule has 1 aliphatic heterocycles. The lowest BCUT2D eigenvalue weighted by Gasteiger charge is -2.18. The van der Waals surface area contributed by atoms with Gasteiger partial charge in [-0.2, -0.15) is 0 Å². The fourth-order valence-corrected chi connectivity index (χ4v) is 3.92. The van der Waals surface area contributed by atoms with Gasteiger partial charge in [0.1, 0.15) is 5.75 Å². The molecule has 2 atom stereocenters. The Morgan fingerprint density at radius 3 is 2.64 bits per heavy atom. The molecule has 140 valence electrons. The van der Waals surface area contributed by atoms with Crippen LogP contribution < -0.4 is 4.74 Å². The van der Waals surface area contributed by atoms with Gasteiger partial charge in [0.25, 0.3) is 5.91 Å². The number of hydrogen-bond donors (Lipinski definition) is 1. The van der Waals surface area contributed by atoms with Crippen LogP contribution in [-0.4, -0.2) is 74.3 Å². The Labute approximate surface area is 149 Å². The Hall–Kier alpha value is -1.64. The smallest absolute Gasteiger partial charge is 0.260 e. The summed E-state index contributed by atoms with van der Waals surface area (Å²) in [4.78, 5) is 13.8. The maximum Gasteiger partial charge on any atom is 0.260 e. The van der Waals surface area contributed by atoms with E-state index in [0.29, 0.717) is 5.75 Å². The van der Waals surface area contributed by atoms with Gasteiger partial charge >= 0.3 is 0 Å². The summed E-state index contributed by atoms with van der Waals surface area (Å²) in [7, 11) is -0.513. The summed E-state index contributed by atoms with van der Waals surface area (Å²) in [5.41, 5.74) is 2.06. The van der Waals surface area contributed by atoms with Gasteiger partial charge in [0.15, 0.2) is 6.61 Å². The summed E-state index contributed by atoms with van der Waals surface area (Å²) in [5, 5.41) is 10.1. The third kappa shape index (κ3) is 4.71. The van der Waals surface area contributed by atoms with Gasteiger partial charge in [-0.05, 0) is 31.0 Å². The zero-order chi connectivity index (χ0) is 18.8. The number of hydrogen-bond acceptors (Lipinski definition) is 5. The molecule has 7 nitrogen and oxygen atoms in total. The van der Waals surface area contributed by atoms with E-state index in [1.165, 1.54) is 19.0 Å². The number of carbonyl (C=O) groups is 1. The van der Waals surface area contributed by atoms with Crippen LogP contribution in [0.25, 0.3) is 0 Å². The molecule has 1 amide bonds. The van der Waals surface area contributed by atoms with E-state index in [9.17, 15) is 18.3 Å². The Bertz CT molecular complexity index is 733. The molecule has 0 radical (unpaired) electrons. The molecule has 8 heteroatoms. The van der Waals surface area contributed by atoms with Gasteiger partial charge in [-0.25, -0.2) is 12.7 Å². The van der Waals surface area contributed by atoms with Gasteiger partial charge in [-0.3, -0.25) is 4.79 Å². The van der Waals surface area contributed by atoms with Crippen molar-refractivity contribution in [3.8, 4) is 5.75 Å². The molecule has 0 aliphatic carbocycles. The van der Waals surface area contributed by atoms with E-state index in [1.54, 1.807) is 6.07 Å². The first kappa shape index (κ1) is 19.7. The standard InChI is InChI=1S/C17H26N2O5S/c1-12-6-5-7-16(13(12)2)24-10-17(21)19-8-14(15(20)9-19)11-25(22,23)18(3)4/h5-7,14-15,20H,8-11H2,1-4H3/t14-,15+/m0/s1. The first-order valence-corrected chi connectivity index (χ1v) is 9.78. The van der Waals surface area contributed by atoms with Crippen LogP contribution in [0.4, 0.5) is 0 Å². The lowest BCUT2D eigenvalue weighted by atomic mass is 10.1. The number of aryl methyl sites for hydroxylation is 1. The first-order valence-electron chi connectivity index (χ1n) is 8.17. The van der Waals surface area contributed by atoms with Gasteiger partial charge in [0, 0.05) is 33.1 Å². The maximum atomic E-state index is 12.3. The lowest BCUT2D eigenvalue weighted by Crippen LogP contribution is -2.35. The van der Waals surface area contributed by atoms with Crippen LogP contribution in [0, 0.1) is 19.8 Å². The Balaban J connectivity index is 1.94.